The molecule has 0 aromatic heterocycles. The lowest BCUT2D eigenvalue weighted by Crippen LogP contribution is -2.29. The summed E-state index contributed by atoms with van der Waals surface area (Å²) in [6.07, 6.45) is 3.84. The molecule has 1 saturated heterocycles. The van der Waals surface area contributed by atoms with Crippen LogP contribution in [-0.2, 0) is 0 Å². The monoisotopic (exact) mass is 264 g/mol. The smallest absolute Gasteiger partial charge is 0.0630 e. The van der Waals surface area contributed by atoms with Crippen LogP contribution in [0.1, 0.15) is 31.8 Å². The van der Waals surface area contributed by atoms with Gasteiger partial charge < -0.3 is 4.90 Å². The lowest BCUT2D eigenvalue weighted by Gasteiger charge is -2.29. The number of anilines is 1. The highest BCUT2D eigenvalue weighted by atomic mass is 15.1. The van der Waals surface area contributed by atoms with Gasteiger partial charge in [0.2, 0.25) is 0 Å². The van der Waals surface area contributed by atoms with Gasteiger partial charge in [-0.2, -0.15) is 0 Å². The highest BCUT2D eigenvalue weighted by Gasteiger charge is 2.11. The van der Waals surface area contributed by atoms with E-state index in [-0.39, 0.29) is 0 Å². The topological polar surface area (TPSA) is 3.24 Å². The van der Waals surface area contributed by atoms with Gasteiger partial charge >= 0.3 is 0 Å². The van der Waals surface area contributed by atoms with Crippen LogP contribution in [0, 0.1) is 0 Å². The normalized spacial score (nSPS) is 15.8. The first-order chi connectivity index (χ1) is 10.3. The molecule has 1 fully saturated rings. The molecule has 20 heavy (non-hydrogen) atoms. The van der Waals surface area contributed by atoms with Crippen molar-refractivity contribution in [3.63, 3.8) is 0 Å². The molecular weight excluding hydrogens is 242 g/mol. The summed E-state index contributed by atoms with van der Waals surface area (Å²) in [7, 11) is 0. The second-order valence-corrected chi connectivity index (χ2v) is 5.35. The van der Waals surface area contributed by atoms with E-state index in [0.717, 1.165) is 29.8 Å². The Morgan fingerprint density at radius 3 is 2.35 bits per heavy atom. The van der Waals surface area contributed by atoms with Crippen LogP contribution in [0.2, 0.25) is 0 Å². The summed E-state index contributed by atoms with van der Waals surface area (Å²) in [6, 6.07) is 16.8. The van der Waals surface area contributed by atoms with E-state index >= 15 is 0 Å². The van der Waals surface area contributed by atoms with Crippen molar-refractivity contribution in [3.8, 4) is 0 Å². The summed E-state index contributed by atoms with van der Waals surface area (Å²) in [6.45, 7) is 6.38. The summed E-state index contributed by atoms with van der Waals surface area (Å²) < 4.78 is 8.32. The van der Waals surface area contributed by atoms with Crippen LogP contribution >= 0.6 is 0 Å². The minimum Gasteiger partial charge on any atom is -0.372 e. The lowest BCUT2D eigenvalue weighted by atomic mass is 9.99. The summed E-state index contributed by atoms with van der Waals surface area (Å²) >= 11 is 0. The Morgan fingerprint density at radius 2 is 1.65 bits per heavy atom. The SMILES string of the molecule is [2H]c1cc(N2CCCCC2)ccc1C(=C)c1ccccc1. The van der Waals surface area contributed by atoms with E-state index in [4.69, 9.17) is 1.37 Å². The van der Waals surface area contributed by atoms with Crippen molar-refractivity contribution < 1.29 is 1.37 Å². The molecule has 0 aliphatic carbocycles. The van der Waals surface area contributed by atoms with Gasteiger partial charge in [0.1, 0.15) is 0 Å². The largest absolute Gasteiger partial charge is 0.372 e. The minimum absolute atomic E-state index is 0.562. The summed E-state index contributed by atoms with van der Waals surface area (Å²) in [5.74, 6) is 0. The molecule has 0 radical (unpaired) electrons. The minimum atomic E-state index is 0.562. The van der Waals surface area contributed by atoms with E-state index < -0.39 is 0 Å². The highest BCUT2D eigenvalue weighted by molar-refractivity contribution is 5.78. The quantitative estimate of drug-likeness (QED) is 0.774. The molecule has 0 N–H and O–H groups in total. The molecule has 0 atom stereocenters. The zero-order chi connectivity index (χ0) is 14.7. The maximum atomic E-state index is 8.32. The Balaban J connectivity index is 1.86. The zero-order valence-corrected chi connectivity index (χ0v) is 11.8. The van der Waals surface area contributed by atoms with Gasteiger partial charge in [-0.15, -0.1) is 0 Å². The molecule has 1 aliphatic rings. The van der Waals surface area contributed by atoms with Crippen LogP contribution in [0.25, 0.3) is 5.57 Å². The average molecular weight is 264 g/mol. The first kappa shape index (κ1) is 11.8. The Bertz CT molecular complexity index is 627. The van der Waals surface area contributed by atoms with Gasteiger partial charge in [0.05, 0.1) is 1.37 Å². The van der Waals surface area contributed by atoms with Crippen LogP contribution in [-0.4, -0.2) is 13.1 Å². The van der Waals surface area contributed by atoms with Gasteiger partial charge in [-0.25, -0.2) is 0 Å². The maximum absolute atomic E-state index is 8.32. The Hall–Kier alpha value is -2.02. The highest BCUT2D eigenvalue weighted by Crippen LogP contribution is 2.25. The Kier molecular flexibility index (Phi) is 3.51. The zero-order valence-electron chi connectivity index (χ0n) is 12.8. The van der Waals surface area contributed by atoms with E-state index in [9.17, 15) is 0 Å². The fraction of sp³-hybridized carbons (Fsp3) is 0.263. The van der Waals surface area contributed by atoms with E-state index in [2.05, 4.69) is 17.5 Å². The van der Waals surface area contributed by atoms with Gasteiger partial charge in [-0.1, -0.05) is 49.0 Å². The molecule has 0 unspecified atom stereocenters. The van der Waals surface area contributed by atoms with E-state index in [1.54, 1.807) is 0 Å². The lowest BCUT2D eigenvalue weighted by molar-refractivity contribution is 0.578. The third-order valence-electron chi connectivity index (χ3n) is 3.96. The summed E-state index contributed by atoms with van der Waals surface area (Å²) in [5.41, 5.74) is 4.09. The molecule has 0 saturated carbocycles. The second kappa shape index (κ2) is 5.96. The first-order valence-corrected chi connectivity index (χ1v) is 7.36. The second-order valence-electron chi connectivity index (χ2n) is 5.35. The van der Waals surface area contributed by atoms with Gasteiger partial charge in [0.25, 0.3) is 0 Å². The molecule has 1 aliphatic heterocycles. The fourth-order valence-electron chi connectivity index (χ4n) is 2.75. The molecule has 1 heteroatoms. The molecule has 1 nitrogen and oxygen atoms in total. The van der Waals surface area contributed by atoms with Crippen molar-refractivity contribution in [1.82, 2.24) is 0 Å². The number of nitrogens with zero attached hydrogens (tertiary/aromatic N) is 1. The van der Waals surface area contributed by atoms with Crippen molar-refractivity contribution in [2.24, 2.45) is 0 Å². The van der Waals surface area contributed by atoms with Crippen molar-refractivity contribution >= 4 is 11.3 Å². The molecule has 0 bridgehead atoms. The molecular formula is C19H21N. The predicted molar refractivity (Wildman–Crippen MR) is 87.1 cm³/mol. The fourth-order valence-corrected chi connectivity index (χ4v) is 2.75. The number of piperidine rings is 1. The third kappa shape index (κ3) is 2.77. The summed E-state index contributed by atoms with van der Waals surface area (Å²) in [4.78, 5) is 2.39. The molecule has 2 aromatic rings. The Labute approximate surface area is 123 Å². The molecule has 2 aromatic carbocycles. The van der Waals surface area contributed by atoms with Crippen molar-refractivity contribution in [3.05, 3.63) is 72.3 Å². The van der Waals surface area contributed by atoms with Gasteiger partial charge in [-0.3, -0.25) is 0 Å². The number of benzene rings is 2. The molecule has 102 valence electrons. The van der Waals surface area contributed by atoms with Crippen LogP contribution in [0.5, 0.6) is 0 Å². The maximum Gasteiger partial charge on any atom is 0.0630 e. The number of rotatable bonds is 3. The van der Waals surface area contributed by atoms with Crippen LogP contribution < -0.4 is 4.90 Å². The molecule has 0 spiro atoms. The van der Waals surface area contributed by atoms with E-state index in [1.807, 2.05) is 42.5 Å². The van der Waals surface area contributed by atoms with Gasteiger partial charge in [-0.05, 0) is 48.1 Å². The van der Waals surface area contributed by atoms with Crippen molar-refractivity contribution in [2.45, 2.75) is 19.3 Å². The summed E-state index contributed by atoms with van der Waals surface area (Å²) in [5, 5.41) is 0. The first-order valence-electron chi connectivity index (χ1n) is 7.86. The predicted octanol–water partition coefficient (Wildman–Crippen LogP) is 4.74. The molecule has 3 rings (SSSR count). The molecule has 0 amide bonds. The van der Waals surface area contributed by atoms with E-state index in [1.165, 1.54) is 24.9 Å². The third-order valence-corrected chi connectivity index (χ3v) is 3.96. The number of hydrogen-bond acceptors (Lipinski definition) is 1. The van der Waals surface area contributed by atoms with Crippen LogP contribution in [0.3, 0.4) is 0 Å². The van der Waals surface area contributed by atoms with Crippen molar-refractivity contribution in [1.29, 1.82) is 0 Å². The standard InChI is InChI=1S/C19H21N/c1-16(17-8-4-2-5-9-17)18-10-12-19(13-11-18)20-14-6-3-7-15-20/h2,4-5,8-13H,1,3,6-7,14-15H2/i10D. The van der Waals surface area contributed by atoms with E-state index in [0.29, 0.717) is 6.04 Å². The van der Waals surface area contributed by atoms with Gasteiger partial charge in [0, 0.05) is 18.8 Å². The van der Waals surface area contributed by atoms with Crippen LogP contribution in [0.4, 0.5) is 5.69 Å². The van der Waals surface area contributed by atoms with Gasteiger partial charge in [0.15, 0.2) is 0 Å². The van der Waals surface area contributed by atoms with Crippen LogP contribution in [0.15, 0.2) is 61.2 Å². The average Bonchev–Trinajstić information content (AvgIpc) is 2.56. The molecule has 1 heterocycles. The van der Waals surface area contributed by atoms with Crippen molar-refractivity contribution in [2.75, 3.05) is 18.0 Å². The number of hydrogen-bond donors (Lipinski definition) is 0. The Morgan fingerprint density at radius 1 is 0.900 bits per heavy atom.